The van der Waals surface area contributed by atoms with Crippen molar-refractivity contribution in [3.8, 4) is 34.0 Å². The van der Waals surface area contributed by atoms with Crippen molar-refractivity contribution in [2.45, 2.75) is 12.8 Å². The van der Waals surface area contributed by atoms with Gasteiger partial charge in [-0.15, -0.1) is 10.2 Å². The third-order valence-electron chi connectivity index (χ3n) is 7.07. The zero-order chi connectivity index (χ0) is 28.4. The normalized spacial score (nSPS) is 10.8. The SMILES string of the molecule is c1ccc(CCNc2ccc(-c3nnc(-c4ccccn4)nc3-c3ccc(NCCc4ccccc4)cc3)cc2)cc1. The summed E-state index contributed by atoms with van der Waals surface area (Å²) >= 11 is 0. The Hall–Kier alpha value is -5.36. The average molecular weight is 549 g/mol. The van der Waals surface area contributed by atoms with E-state index in [0.29, 0.717) is 11.5 Å². The van der Waals surface area contributed by atoms with Crippen LogP contribution in [0.2, 0.25) is 0 Å². The minimum Gasteiger partial charge on any atom is -0.385 e. The first-order valence-electron chi connectivity index (χ1n) is 14.2. The quantitative estimate of drug-likeness (QED) is 0.174. The molecular formula is C36H32N6. The molecule has 6 nitrogen and oxygen atoms in total. The number of benzene rings is 4. The van der Waals surface area contributed by atoms with Crippen LogP contribution in [0.5, 0.6) is 0 Å². The highest BCUT2D eigenvalue weighted by Crippen LogP contribution is 2.31. The number of hydrogen-bond donors (Lipinski definition) is 2. The van der Waals surface area contributed by atoms with Crippen LogP contribution >= 0.6 is 0 Å². The minimum absolute atomic E-state index is 0.499. The van der Waals surface area contributed by atoms with Gasteiger partial charge in [-0.25, -0.2) is 4.98 Å². The highest BCUT2D eigenvalue weighted by molar-refractivity contribution is 5.79. The Balaban J connectivity index is 1.21. The Kier molecular flexibility index (Phi) is 8.52. The summed E-state index contributed by atoms with van der Waals surface area (Å²) in [6.45, 7) is 1.72. The molecule has 0 spiro atoms. The maximum absolute atomic E-state index is 4.95. The maximum Gasteiger partial charge on any atom is 0.201 e. The molecule has 0 aliphatic heterocycles. The van der Waals surface area contributed by atoms with Gasteiger partial charge in [-0.2, -0.15) is 0 Å². The molecule has 6 rings (SSSR count). The Morgan fingerprint density at radius 3 is 1.52 bits per heavy atom. The summed E-state index contributed by atoms with van der Waals surface area (Å²) in [5.41, 5.74) is 8.88. The van der Waals surface area contributed by atoms with E-state index >= 15 is 0 Å². The lowest BCUT2D eigenvalue weighted by Gasteiger charge is -2.12. The zero-order valence-electron chi connectivity index (χ0n) is 23.3. The molecule has 0 unspecified atom stereocenters. The monoisotopic (exact) mass is 548 g/mol. The van der Waals surface area contributed by atoms with E-state index in [2.05, 4.69) is 123 Å². The Bertz CT molecular complexity index is 1690. The standard InChI is InChI=1S/C36H32N6/c1-3-9-27(10-4-1)22-25-37-31-18-14-29(15-19-31)34-35(41-42-36(40-34)33-13-7-8-24-39-33)30-16-20-32(21-17-30)38-26-23-28-11-5-2-6-12-28/h1-21,24,37-38H,22-23,25-26H2. The number of rotatable bonds is 11. The fraction of sp³-hybridized carbons (Fsp3) is 0.111. The molecule has 0 aliphatic rings. The van der Waals surface area contributed by atoms with Crippen molar-refractivity contribution in [2.24, 2.45) is 0 Å². The van der Waals surface area contributed by atoms with Gasteiger partial charge in [-0.3, -0.25) is 4.98 Å². The molecule has 0 amide bonds. The van der Waals surface area contributed by atoms with E-state index in [1.807, 2.05) is 30.3 Å². The fourth-order valence-corrected chi connectivity index (χ4v) is 4.81. The van der Waals surface area contributed by atoms with Gasteiger partial charge >= 0.3 is 0 Å². The summed E-state index contributed by atoms with van der Waals surface area (Å²) in [7, 11) is 0. The van der Waals surface area contributed by atoms with Gasteiger partial charge in [-0.05, 0) is 60.4 Å². The largest absolute Gasteiger partial charge is 0.385 e. The molecule has 206 valence electrons. The second-order valence-corrected chi connectivity index (χ2v) is 10.0. The highest BCUT2D eigenvalue weighted by Gasteiger charge is 2.15. The smallest absolute Gasteiger partial charge is 0.201 e. The molecule has 42 heavy (non-hydrogen) atoms. The lowest BCUT2D eigenvalue weighted by atomic mass is 10.0. The molecule has 2 N–H and O–H groups in total. The topological polar surface area (TPSA) is 75.6 Å². The van der Waals surface area contributed by atoms with E-state index in [9.17, 15) is 0 Å². The van der Waals surface area contributed by atoms with Crippen LogP contribution in [-0.4, -0.2) is 33.3 Å². The van der Waals surface area contributed by atoms with E-state index in [1.54, 1.807) is 6.20 Å². The molecule has 2 heterocycles. The van der Waals surface area contributed by atoms with Crippen LogP contribution in [0.25, 0.3) is 34.0 Å². The van der Waals surface area contributed by atoms with Crippen molar-refractivity contribution >= 4 is 11.4 Å². The molecule has 2 aromatic heterocycles. The van der Waals surface area contributed by atoms with Crippen molar-refractivity contribution in [1.29, 1.82) is 0 Å². The number of hydrogen-bond acceptors (Lipinski definition) is 6. The van der Waals surface area contributed by atoms with Crippen molar-refractivity contribution < 1.29 is 0 Å². The van der Waals surface area contributed by atoms with Crippen LogP contribution in [0.15, 0.2) is 134 Å². The van der Waals surface area contributed by atoms with Gasteiger partial charge in [0.05, 0.1) is 0 Å². The van der Waals surface area contributed by atoms with Crippen LogP contribution < -0.4 is 10.6 Å². The molecule has 4 aromatic carbocycles. The molecule has 0 radical (unpaired) electrons. The second kappa shape index (κ2) is 13.3. The predicted octanol–water partition coefficient (Wildman–Crippen LogP) is 7.58. The lowest BCUT2D eigenvalue weighted by Crippen LogP contribution is -2.05. The van der Waals surface area contributed by atoms with Gasteiger partial charge in [0.15, 0.2) is 0 Å². The van der Waals surface area contributed by atoms with Gasteiger partial charge in [0, 0.05) is 41.8 Å². The number of nitrogens with one attached hydrogen (secondary N) is 2. The molecule has 0 saturated heterocycles. The summed E-state index contributed by atoms with van der Waals surface area (Å²) < 4.78 is 0. The third kappa shape index (κ3) is 6.85. The Morgan fingerprint density at radius 1 is 0.476 bits per heavy atom. The molecule has 0 saturated carbocycles. The first-order chi connectivity index (χ1) is 20.8. The molecule has 0 aliphatic carbocycles. The van der Waals surface area contributed by atoms with Gasteiger partial charge < -0.3 is 10.6 Å². The number of anilines is 2. The van der Waals surface area contributed by atoms with Gasteiger partial charge in [0.1, 0.15) is 17.1 Å². The summed E-state index contributed by atoms with van der Waals surface area (Å²) in [4.78, 5) is 9.39. The molecule has 0 atom stereocenters. The van der Waals surface area contributed by atoms with E-state index in [-0.39, 0.29) is 0 Å². The molecular weight excluding hydrogens is 516 g/mol. The number of pyridine rings is 1. The van der Waals surface area contributed by atoms with E-state index < -0.39 is 0 Å². The molecule has 0 fully saturated rings. The summed E-state index contributed by atoms with van der Waals surface area (Å²) in [6, 6.07) is 43.4. The average Bonchev–Trinajstić information content (AvgIpc) is 3.07. The maximum atomic E-state index is 4.95. The first kappa shape index (κ1) is 26.8. The van der Waals surface area contributed by atoms with Gasteiger partial charge in [0.2, 0.25) is 5.82 Å². The fourth-order valence-electron chi connectivity index (χ4n) is 4.81. The zero-order valence-corrected chi connectivity index (χ0v) is 23.3. The Morgan fingerprint density at radius 2 is 1.00 bits per heavy atom. The van der Waals surface area contributed by atoms with Crippen LogP contribution in [0, 0.1) is 0 Å². The predicted molar refractivity (Wildman–Crippen MR) is 171 cm³/mol. The van der Waals surface area contributed by atoms with E-state index in [0.717, 1.165) is 59.8 Å². The van der Waals surface area contributed by atoms with Crippen LogP contribution in [0.4, 0.5) is 11.4 Å². The molecule has 6 aromatic rings. The van der Waals surface area contributed by atoms with Crippen LogP contribution in [0.1, 0.15) is 11.1 Å². The minimum atomic E-state index is 0.499. The van der Waals surface area contributed by atoms with Crippen LogP contribution in [-0.2, 0) is 12.8 Å². The Labute approximate surface area is 246 Å². The number of nitrogens with zero attached hydrogens (tertiary/aromatic N) is 4. The van der Waals surface area contributed by atoms with Gasteiger partial charge in [0.25, 0.3) is 0 Å². The molecule has 6 heteroatoms. The van der Waals surface area contributed by atoms with Crippen molar-refractivity contribution in [2.75, 3.05) is 23.7 Å². The van der Waals surface area contributed by atoms with Gasteiger partial charge in [-0.1, -0.05) is 91.0 Å². The van der Waals surface area contributed by atoms with Crippen molar-refractivity contribution in [3.63, 3.8) is 0 Å². The molecule has 0 bridgehead atoms. The van der Waals surface area contributed by atoms with Crippen molar-refractivity contribution in [1.82, 2.24) is 20.2 Å². The number of aromatic nitrogens is 4. The lowest BCUT2D eigenvalue weighted by molar-refractivity contribution is 0.981. The van der Waals surface area contributed by atoms with E-state index in [4.69, 9.17) is 4.98 Å². The summed E-state index contributed by atoms with van der Waals surface area (Å²) in [5, 5.41) is 16.1. The van der Waals surface area contributed by atoms with Crippen LogP contribution in [0.3, 0.4) is 0 Å². The first-order valence-corrected chi connectivity index (χ1v) is 14.2. The second-order valence-electron chi connectivity index (χ2n) is 10.0. The van der Waals surface area contributed by atoms with Crippen molar-refractivity contribution in [3.05, 3.63) is 145 Å². The van der Waals surface area contributed by atoms with E-state index in [1.165, 1.54) is 11.1 Å². The summed E-state index contributed by atoms with van der Waals surface area (Å²) in [6.07, 6.45) is 3.67. The summed E-state index contributed by atoms with van der Waals surface area (Å²) in [5.74, 6) is 0.499. The highest BCUT2D eigenvalue weighted by atomic mass is 15.2. The third-order valence-corrected chi connectivity index (χ3v) is 7.07.